The van der Waals surface area contributed by atoms with E-state index in [0.29, 0.717) is 5.56 Å². The standard InChI is InChI=1S/C26H17N3O2/c30-29(31)22-11-5-4-10-21(22)19-13-14-23-25(17-19)28(20-8-2-1-3-9-20)24-12-6-7-18-15-16-27(23)26(18)24/h1-17H. The number of nitro benzene ring substituents is 1. The van der Waals surface area contributed by atoms with Crippen molar-refractivity contribution in [3.05, 3.63) is 113 Å². The Kier molecular flexibility index (Phi) is 3.70. The van der Waals surface area contributed by atoms with Gasteiger partial charge in [0, 0.05) is 23.3 Å². The summed E-state index contributed by atoms with van der Waals surface area (Å²) in [7, 11) is 0. The molecular weight excluding hydrogens is 386 g/mol. The third-order valence-corrected chi connectivity index (χ3v) is 5.83. The van der Waals surface area contributed by atoms with E-state index in [2.05, 4.69) is 52.1 Å². The van der Waals surface area contributed by atoms with Gasteiger partial charge in [-0.25, -0.2) is 0 Å². The number of aromatic nitrogens is 1. The number of nitrogens with zero attached hydrogens (tertiary/aromatic N) is 3. The van der Waals surface area contributed by atoms with Crippen molar-refractivity contribution >= 4 is 33.7 Å². The van der Waals surface area contributed by atoms with Crippen molar-refractivity contribution in [1.29, 1.82) is 0 Å². The second-order valence-corrected chi connectivity index (χ2v) is 7.55. The third-order valence-electron chi connectivity index (χ3n) is 5.83. The summed E-state index contributed by atoms with van der Waals surface area (Å²) in [5, 5.41) is 12.8. The van der Waals surface area contributed by atoms with Gasteiger partial charge >= 0.3 is 0 Å². The van der Waals surface area contributed by atoms with Crippen molar-refractivity contribution in [3.63, 3.8) is 0 Å². The van der Waals surface area contributed by atoms with Crippen molar-refractivity contribution in [2.75, 3.05) is 4.90 Å². The molecule has 0 fully saturated rings. The maximum Gasteiger partial charge on any atom is 0.277 e. The summed E-state index contributed by atoms with van der Waals surface area (Å²) >= 11 is 0. The highest BCUT2D eigenvalue weighted by Crippen LogP contribution is 2.48. The van der Waals surface area contributed by atoms with Gasteiger partial charge in [-0.05, 0) is 48.0 Å². The summed E-state index contributed by atoms with van der Waals surface area (Å²) in [5.74, 6) is 0. The van der Waals surface area contributed by atoms with E-state index in [9.17, 15) is 10.1 Å². The first-order chi connectivity index (χ1) is 15.2. The number of nitro groups is 1. The lowest BCUT2D eigenvalue weighted by Gasteiger charge is -2.33. The Hall–Kier alpha value is -4.38. The van der Waals surface area contributed by atoms with Crippen LogP contribution in [-0.2, 0) is 0 Å². The lowest BCUT2D eigenvalue weighted by molar-refractivity contribution is -0.384. The molecule has 4 aromatic carbocycles. The molecule has 6 rings (SSSR count). The molecular formula is C26H17N3O2. The van der Waals surface area contributed by atoms with Gasteiger partial charge < -0.3 is 9.47 Å². The molecule has 0 amide bonds. The van der Waals surface area contributed by atoms with E-state index in [0.717, 1.165) is 33.8 Å². The molecule has 0 radical (unpaired) electrons. The average molecular weight is 403 g/mol. The molecule has 1 aliphatic heterocycles. The zero-order chi connectivity index (χ0) is 20.9. The van der Waals surface area contributed by atoms with Crippen LogP contribution in [0.25, 0.3) is 27.7 Å². The monoisotopic (exact) mass is 403 g/mol. The van der Waals surface area contributed by atoms with Crippen LogP contribution >= 0.6 is 0 Å². The van der Waals surface area contributed by atoms with Crippen LogP contribution in [0.2, 0.25) is 0 Å². The summed E-state index contributed by atoms with van der Waals surface area (Å²) in [6, 6.07) is 31.6. The molecule has 148 valence electrons. The molecule has 5 aromatic rings. The van der Waals surface area contributed by atoms with Crippen molar-refractivity contribution in [1.82, 2.24) is 4.57 Å². The Labute approximate surface area is 178 Å². The zero-order valence-corrected chi connectivity index (χ0v) is 16.5. The number of rotatable bonds is 3. The van der Waals surface area contributed by atoms with E-state index in [1.165, 1.54) is 5.39 Å². The predicted molar refractivity (Wildman–Crippen MR) is 124 cm³/mol. The number of benzene rings is 4. The summed E-state index contributed by atoms with van der Waals surface area (Å²) < 4.78 is 2.20. The van der Waals surface area contributed by atoms with E-state index in [1.807, 2.05) is 42.5 Å². The number of fused-ring (bicyclic) bond motifs is 2. The van der Waals surface area contributed by atoms with Crippen LogP contribution in [0.1, 0.15) is 0 Å². The summed E-state index contributed by atoms with van der Waals surface area (Å²) in [4.78, 5) is 13.5. The van der Waals surface area contributed by atoms with Gasteiger partial charge in [-0.2, -0.15) is 0 Å². The lowest BCUT2D eigenvalue weighted by atomic mass is 10.00. The minimum atomic E-state index is -0.325. The Morgan fingerprint density at radius 1 is 0.710 bits per heavy atom. The maximum atomic E-state index is 11.6. The normalized spacial score (nSPS) is 12.1. The number of hydrogen-bond acceptors (Lipinski definition) is 3. The molecule has 2 heterocycles. The van der Waals surface area contributed by atoms with Crippen LogP contribution in [0.15, 0.2) is 103 Å². The highest BCUT2D eigenvalue weighted by molar-refractivity contribution is 6.03. The number of para-hydroxylation sites is 3. The SMILES string of the molecule is O=[N+]([O-])c1ccccc1-c1ccc2c(c1)N(c1ccccc1)c1cccc3ccn-2c13. The maximum absolute atomic E-state index is 11.6. The van der Waals surface area contributed by atoms with Gasteiger partial charge in [-0.1, -0.05) is 48.5 Å². The number of hydrogen-bond donors (Lipinski definition) is 0. The lowest BCUT2D eigenvalue weighted by Crippen LogP contribution is -2.18. The Balaban J connectivity index is 1.66. The predicted octanol–water partition coefficient (Wildman–Crippen LogP) is 6.99. The molecule has 1 aliphatic rings. The molecule has 0 spiro atoms. The average Bonchev–Trinajstić information content (AvgIpc) is 3.25. The summed E-state index contributed by atoms with van der Waals surface area (Å²) in [6.45, 7) is 0. The van der Waals surface area contributed by atoms with Crippen LogP contribution in [0.5, 0.6) is 0 Å². The van der Waals surface area contributed by atoms with Gasteiger partial charge in [0.1, 0.15) is 0 Å². The fourth-order valence-corrected chi connectivity index (χ4v) is 4.49. The highest BCUT2D eigenvalue weighted by Gasteiger charge is 2.27. The second kappa shape index (κ2) is 6.57. The van der Waals surface area contributed by atoms with E-state index < -0.39 is 0 Å². The van der Waals surface area contributed by atoms with E-state index in [1.54, 1.807) is 18.2 Å². The first-order valence-corrected chi connectivity index (χ1v) is 10.1. The third kappa shape index (κ3) is 2.57. The van der Waals surface area contributed by atoms with Crippen LogP contribution in [-0.4, -0.2) is 9.49 Å². The second-order valence-electron chi connectivity index (χ2n) is 7.55. The van der Waals surface area contributed by atoms with Crippen molar-refractivity contribution in [2.24, 2.45) is 0 Å². The van der Waals surface area contributed by atoms with Gasteiger partial charge in [0.2, 0.25) is 0 Å². The quantitative estimate of drug-likeness (QED) is 0.236. The molecule has 0 saturated heterocycles. The van der Waals surface area contributed by atoms with E-state index in [4.69, 9.17) is 0 Å². The van der Waals surface area contributed by atoms with Gasteiger partial charge in [0.05, 0.1) is 33.1 Å². The fourth-order valence-electron chi connectivity index (χ4n) is 4.49. The van der Waals surface area contributed by atoms with E-state index >= 15 is 0 Å². The van der Waals surface area contributed by atoms with Crippen LogP contribution in [0, 0.1) is 10.1 Å². The molecule has 5 heteroatoms. The molecule has 31 heavy (non-hydrogen) atoms. The van der Waals surface area contributed by atoms with Gasteiger partial charge in [0.15, 0.2) is 0 Å². The number of anilines is 3. The van der Waals surface area contributed by atoms with Crippen LogP contribution in [0.4, 0.5) is 22.7 Å². The fraction of sp³-hybridized carbons (Fsp3) is 0. The van der Waals surface area contributed by atoms with Crippen LogP contribution in [0.3, 0.4) is 0 Å². The molecule has 0 bridgehead atoms. The summed E-state index contributed by atoms with van der Waals surface area (Å²) in [6.07, 6.45) is 2.08. The summed E-state index contributed by atoms with van der Waals surface area (Å²) in [5.41, 5.74) is 6.84. The first-order valence-electron chi connectivity index (χ1n) is 10.1. The Morgan fingerprint density at radius 3 is 2.35 bits per heavy atom. The molecule has 0 N–H and O–H groups in total. The minimum Gasteiger partial charge on any atom is -0.313 e. The van der Waals surface area contributed by atoms with Crippen LogP contribution < -0.4 is 4.90 Å². The van der Waals surface area contributed by atoms with Crippen molar-refractivity contribution < 1.29 is 4.92 Å². The molecule has 0 unspecified atom stereocenters. The van der Waals surface area contributed by atoms with Gasteiger partial charge in [-0.15, -0.1) is 0 Å². The van der Waals surface area contributed by atoms with E-state index in [-0.39, 0.29) is 10.6 Å². The molecule has 5 nitrogen and oxygen atoms in total. The largest absolute Gasteiger partial charge is 0.313 e. The van der Waals surface area contributed by atoms with Gasteiger partial charge in [0.25, 0.3) is 5.69 Å². The topological polar surface area (TPSA) is 51.3 Å². The zero-order valence-electron chi connectivity index (χ0n) is 16.5. The highest BCUT2D eigenvalue weighted by atomic mass is 16.6. The Morgan fingerprint density at radius 2 is 1.52 bits per heavy atom. The molecule has 1 aromatic heterocycles. The molecule has 0 saturated carbocycles. The van der Waals surface area contributed by atoms with Crippen molar-refractivity contribution in [3.8, 4) is 16.8 Å². The smallest absolute Gasteiger partial charge is 0.277 e. The molecule has 0 atom stereocenters. The minimum absolute atomic E-state index is 0.105. The van der Waals surface area contributed by atoms with Crippen molar-refractivity contribution in [2.45, 2.75) is 0 Å². The Bertz CT molecular complexity index is 1470. The molecule has 0 aliphatic carbocycles. The first kappa shape index (κ1) is 17.5. The van der Waals surface area contributed by atoms with Gasteiger partial charge in [-0.3, -0.25) is 10.1 Å².